The van der Waals surface area contributed by atoms with Crippen LogP contribution in [0.3, 0.4) is 0 Å². The summed E-state index contributed by atoms with van der Waals surface area (Å²) in [5.41, 5.74) is 1.36. The van der Waals surface area contributed by atoms with Crippen molar-refractivity contribution < 1.29 is 22.3 Å². The van der Waals surface area contributed by atoms with Crippen LogP contribution < -0.4 is 0 Å². The minimum absolute atomic E-state index is 0.116. The molecule has 0 aliphatic heterocycles. The Balaban J connectivity index is 1.34. The van der Waals surface area contributed by atoms with Crippen molar-refractivity contribution in [3.63, 3.8) is 0 Å². The normalized spacial score (nSPS) is 25.9. The van der Waals surface area contributed by atoms with E-state index in [1.165, 1.54) is 37.3 Å². The minimum atomic E-state index is -3.89. The van der Waals surface area contributed by atoms with E-state index >= 15 is 0 Å². The average molecular weight is 477 g/mol. The second-order valence-corrected chi connectivity index (χ2v) is 10.6. The van der Waals surface area contributed by atoms with E-state index in [2.05, 4.69) is 26.0 Å². The van der Waals surface area contributed by atoms with Gasteiger partial charge < -0.3 is 4.74 Å². The molecule has 0 aromatic heterocycles. The molecular formula is C29H36F4O. The summed E-state index contributed by atoms with van der Waals surface area (Å²) in [4.78, 5) is 0. The smallest absolute Gasteiger partial charge is 0.316 e. The van der Waals surface area contributed by atoms with Crippen molar-refractivity contribution in [3.05, 3.63) is 70.3 Å². The van der Waals surface area contributed by atoms with Crippen LogP contribution in [-0.2, 0) is 17.3 Å². The number of rotatable bonds is 7. The van der Waals surface area contributed by atoms with Crippen LogP contribution in [0, 0.1) is 23.5 Å². The number of ether oxygens (including phenoxy) is 1. The Morgan fingerprint density at radius 1 is 0.735 bits per heavy atom. The van der Waals surface area contributed by atoms with Gasteiger partial charge >= 0.3 is 6.11 Å². The summed E-state index contributed by atoms with van der Waals surface area (Å²) in [7, 11) is 0. The third-order valence-electron chi connectivity index (χ3n) is 8.02. The van der Waals surface area contributed by atoms with Gasteiger partial charge in [0.2, 0.25) is 0 Å². The fourth-order valence-electron chi connectivity index (χ4n) is 5.60. The molecule has 0 unspecified atom stereocenters. The molecule has 1 nitrogen and oxygen atoms in total. The molecule has 0 spiro atoms. The molecule has 4 rings (SSSR count). The van der Waals surface area contributed by atoms with Crippen molar-refractivity contribution in [1.82, 2.24) is 0 Å². The van der Waals surface area contributed by atoms with E-state index in [0.717, 1.165) is 43.2 Å². The van der Waals surface area contributed by atoms with Gasteiger partial charge in [-0.1, -0.05) is 69.9 Å². The summed E-state index contributed by atoms with van der Waals surface area (Å²) in [6, 6.07) is 10.4. The lowest BCUT2D eigenvalue weighted by Crippen LogP contribution is -2.23. The Morgan fingerprint density at radius 2 is 1.29 bits per heavy atom. The van der Waals surface area contributed by atoms with Gasteiger partial charge in [-0.25, -0.2) is 8.78 Å². The van der Waals surface area contributed by atoms with Gasteiger partial charge in [0.25, 0.3) is 0 Å². The van der Waals surface area contributed by atoms with Gasteiger partial charge in [0, 0.05) is 0 Å². The number of hydrogen-bond acceptors (Lipinski definition) is 1. The molecule has 5 heteroatoms. The zero-order valence-electron chi connectivity index (χ0n) is 20.3. The first kappa shape index (κ1) is 25.2. The maximum absolute atomic E-state index is 14.7. The number of hydrogen-bond donors (Lipinski definition) is 0. The lowest BCUT2D eigenvalue weighted by molar-refractivity contribution is -0.249. The highest BCUT2D eigenvalue weighted by Crippen LogP contribution is 2.40. The van der Waals surface area contributed by atoms with Gasteiger partial charge in [-0.3, -0.25) is 0 Å². The summed E-state index contributed by atoms with van der Waals surface area (Å²) in [6.45, 7) is 4.15. The summed E-state index contributed by atoms with van der Waals surface area (Å²) in [5, 5.41) is 0. The molecule has 0 saturated heterocycles. The molecule has 2 aromatic rings. The number of alkyl halides is 2. The first-order valence-corrected chi connectivity index (χ1v) is 12.8. The van der Waals surface area contributed by atoms with Crippen LogP contribution in [-0.4, -0.2) is 6.61 Å². The predicted octanol–water partition coefficient (Wildman–Crippen LogP) is 8.86. The maximum atomic E-state index is 14.7. The highest BCUT2D eigenvalue weighted by atomic mass is 19.3. The summed E-state index contributed by atoms with van der Waals surface area (Å²) in [5.74, 6) is -0.841. The van der Waals surface area contributed by atoms with E-state index in [1.54, 1.807) is 0 Å². The first-order valence-electron chi connectivity index (χ1n) is 12.8. The molecule has 2 saturated carbocycles. The molecule has 0 amide bonds. The zero-order valence-corrected chi connectivity index (χ0v) is 20.3. The third-order valence-corrected chi connectivity index (χ3v) is 8.02. The van der Waals surface area contributed by atoms with Crippen molar-refractivity contribution in [2.24, 2.45) is 11.8 Å². The van der Waals surface area contributed by atoms with E-state index in [-0.39, 0.29) is 24.5 Å². The molecule has 0 N–H and O–H groups in total. The molecule has 2 aliphatic carbocycles. The molecule has 186 valence electrons. The van der Waals surface area contributed by atoms with Crippen LogP contribution in [0.1, 0.15) is 99.3 Å². The molecule has 0 heterocycles. The summed E-state index contributed by atoms with van der Waals surface area (Å²) < 4.78 is 63.4. The zero-order chi connectivity index (χ0) is 24.3. The SMILES string of the molecule is CC1CCC(c2ccc(CCOC(F)(F)c3ccc(C4CCC(C)CC4)c(F)c3F)cc2)CC1. The van der Waals surface area contributed by atoms with Crippen molar-refractivity contribution >= 4 is 0 Å². The monoisotopic (exact) mass is 476 g/mol. The fraction of sp³-hybridized carbons (Fsp3) is 0.586. The van der Waals surface area contributed by atoms with Crippen molar-refractivity contribution in [2.45, 2.75) is 89.6 Å². The highest BCUT2D eigenvalue weighted by Gasteiger charge is 2.38. The van der Waals surface area contributed by atoms with Crippen LogP contribution in [0.4, 0.5) is 17.6 Å². The molecule has 2 fully saturated rings. The first-order chi connectivity index (χ1) is 16.2. The second-order valence-electron chi connectivity index (χ2n) is 10.6. The highest BCUT2D eigenvalue weighted by molar-refractivity contribution is 5.31. The molecule has 0 bridgehead atoms. The van der Waals surface area contributed by atoms with Crippen LogP contribution in [0.15, 0.2) is 36.4 Å². The third kappa shape index (κ3) is 5.84. The van der Waals surface area contributed by atoms with Crippen molar-refractivity contribution in [1.29, 1.82) is 0 Å². The molecule has 34 heavy (non-hydrogen) atoms. The van der Waals surface area contributed by atoms with Gasteiger partial charge in [-0.15, -0.1) is 0 Å². The Labute approximate surface area is 200 Å². The summed E-state index contributed by atoms with van der Waals surface area (Å²) in [6.07, 6.45) is 4.64. The van der Waals surface area contributed by atoms with E-state index in [1.807, 2.05) is 12.1 Å². The quantitative estimate of drug-likeness (QED) is 0.363. The summed E-state index contributed by atoms with van der Waals surface area (Å²) >= 11 is 0. The van der Waals surface area contributed by atoms with Crippen molar-refractivity contribution in [2.75, 3.05) is 6.61 Å². The van der Waals surface area contributed by atoms with E-state index in [0.29, 0.717) is 11.8 Å². The minimum Gasteiger partial charge on any atom is -0.316 e. The lowest BCUT2D eigenvalue weighted by Gasteiger charge is -2.27. The van der Waals surface area contributed by atoms with Gasteiger partial charge in [0.1, 0.15) is 0 Å². The van der Waals surface area contributed by atoms with Gasteiger partial charge in [-0.05, 0) is 78.5 Å². The van der Waals surface area contributed by atoms with Crippen molar-refractivity contribution in [3.8, 4) is 0 Å². The van der Waals surface area contributed by atoms with E-state index in [9.17, 15) is 17.6 Å². The van der Waals surface area contributed by atoms with Crippen LogP contribution >= 0.6 is 0 Å². The fourth-order valence-corrected chi connectivity index (χ4v) is 5.60. The van der Waals surface area contributed by atoms with Gasteiger partial charge in [0.05, 0.1) is 12.2 Å². The van der Waals surface area contributed by atoms with E-state index < -0.39 is 23.3 Å². The van der Waals surface area contributed by atoms with Gasteiger partial charge in [-0.2, -0.15) is 8.78 Å². The molecule has 2 aliphatic rings. The lowest BCUT2D eigenvalue weighted by atomic mass is 9.79. The Kier molecular flexibility index (Phi) is 8.01. The molecule has 0 radical (unpaired) electrons. The largest absolute Gasteiger partial charge is 0.386 e. The maximum Gasteiger partial charge on any atom is 0.386 e. The Bertz CT molecular complexity index is 939. The second kappa shape index (κ2) is 10.8. The van der Waals surface area contributed by atoms with Crippen LogP contribution in [0.5, 0.6) is 0 Å². The van der Waals surface area contributed by atoms with Crippen LogP contribution in [0.2, 0.25) is 0 Å². The molecule has 2 aromatic carbocycles. The number of benzene rings is 2. The number of halogens is 4. The van der Waals surface area contributed by atoms with E-state index in [4.69, 9.17) is 4.74 Å². The van der Waals surface area contributed by atoms with Crippen LogP contribution in [0.25, 0.3) is 0 Å². The Morgan fingerprint density at radius 3 is 1.88 bits per heavy atom. The van der Waals surface area contributed by atoms with Gasteiger partial charge in [0.15, 0.2) is 11.6 Å². The Hall–Kier alpha value is -1.88. The average Bonchev–Trinajstić information content (AvgIpc) is 2.82. The standard InChI is InChI=1S/C29H36F4O/c1-19-3-9-22(10-4-19)23-13-7-21(8-14-23)17-18-34-29(32,33)26-16-15-25(27(30)28(26)31)24-11-5-20(2)6-12-24/h7-8,13-16,19-20,22,24H,3-6,9-12,17-18H2,1-2H3. The predicted molar refractivity (Wildman–Crippen MR) is 127 cm³/mol. The topological polar surface area (TPSA) is 9.23 Å². The molecule has 0 atom stereocenters. The molecular weight excluding hydrogens is 440 g/mol.